The van der Waals surface area contributed by atoms with E-state index in [1.54, 1.807) is 0 Å². The van der Waals surface area contributed by atoms with Crippen LogP contribution in [0.3, 0.4) is 0 Å². The Morgan fingerprint density at radius 1 is 1.43 bits per heavy atom. The average Bonchev–Trinajstić information content (AvgIpc) is 2.52. The van der Waals surface area contributed by atoms with Gasteiger partial charge in [-0.1, -0.05) is 20.8 Å². The lowest BCUT2D eigenvalue weighted by Gasteiger charge is -2.29. The van der Waals surface area contributed by atoms with Crippen LogP contribution in [0.25, 0.3) is 0 Å². The number of hydrogen-bond acceptors (Lipinski definition) is 2. The molecule has 0 aliphatic carbocycles. The first-order valence-corrected chi connectivity index (χ1v) is 5.93. The highest BCUT2D eigenvalue weighted by Crippen LogP contribution is 2.20. The maximum atomic E-state index is 3.60. The van der Waals surface area contributed by atoms with Gasteiger partial charge in [0.05, 0.1) is 0 Å². The fourth-order valence-corrected chi connectivity index (χ4v) is 1.91. The Morgan fingerprint density at radius 2 is 2.14 bits per heavy atom. The van der Waals surface area contributed by atoms with Crippen LogP contribution in [-0.4, -0.2) is 25.2 Å². The van der Waals surface area contributed by atoms with Crippen molar-refractivity contribution >= 4 is 0 Å². The molecular formula is C12H26N2. The van der Waals surface area contributed by atoms with Crippen molar-refractivity contribution in [2.75, 3.05) is 19.6 Å². The number of hydrogen-bond donors (Lipinski definition) is 2. The van der Waals surface area contributed by atoms with Crippen molar-refractivity contribution in [3.8, 4) is 0 Å². The largest absolute Gasteiger partial charge is 0.314 e. The van der Waals surface area contributed by atoms with E-state index in [4.69, 9.17) is 0 Å². The van der Waals surface area contributed by atoms with Crippen molar-refractivity contribution in [2.24, 2.45) is 5.41 Å². The monoisotopic (exact) mass is 198 g/mol. The van der Waals surface area contributed by atoms with Crippen LogP contribution in [0.4, 0.5) is 0 Å². The van der Waals surface area contributed by atoms with Gasteiger partial charge in [0.15, 0.2) is 0 Å². The van der Waals surface area contributed by atoms with Crippen molar-refractivity contribution in [3.05, 3.63) is 0 Å². The molecule has 1 atom stereocenters. The normalized spacial score (nSPS) is 28.3. The van der Waals surface area contributed by atoms with Crippen molar-refractivity contribution in [1.82, 2.24) is 10.6 Å². The molecule has 0 amide bonds. The molecule has 1 rings (SSSR count). The van der Waals surface area contributed by atoms with Crippen LogP contribution in [0.15, 0.2) is 0 Å². The van der Waals surface area contributed by atoms with Gasteiger partial charge < -0.3 is 10.6 Å². The molecule has 84 valence electrons. The van der Waals surface area contributed by atoms with Gasteiger partial charge in [0.1, 0.15) is 0 Å². The average molecular weight is 198 g/mol. The van der Waals surface area contributed by atoms with Gasteiger partial charge >= 0.3 is 0 Å². The molecule has 1 aliphatic rings. The van der Waals surface area contributed by atoms with Gasteiger partial charge in [0, 0.05) is 18.6 Å². The summed E-state index contributed by atoms with van der Waals surface area (Å²) in [5.41, 5.74) is 0.790. The first-order chi connectivity index (χ1) is 6.47. The van der Waals surface area contributed by atoms with Gasteiger partial charge in [-0.15, -0.1) is 0 Å². The van der Waals surface area contributed by atoms with Crippen molar-refractivity contribution in [3.63, 3.8) is 0 Å². The minimum Gasteiger partial charge on any atom is -0.314 e. The molecule has 0 spiro atoms. The molecule has 2 N–H and O–H groups in total. The molecule has 0 aromatic rings. The highest BCUT2D eigenvalue weighted by Gasteiger charge is 2.27. The Bertz CT molecular complexity index is 169. The molecular weight excluding hydrogens is 172 g/mol. The quantitative estimate of drug-likeness (QED) is 0.707. The summed E-state index contributed by atoms with van der Waals surface area (Å²) in [5, 5.41) is 7.17. The topological polar surface area (TPSA) is 24.1 Å². The van der Waals surface area contributed by atoms with Crippen LogP contribution in [0.5, 0.6) is 0 Å². The predicted octanol–water partition coefficient (Wildman–Crippen LogP) is 2.15. The third-order valence-corrected chi connectivity index (χ3v) is 3.53. The van der Waals surface area contributed by atoms with E-state index in [2.05, 4.69) is 38.3 Å². The highest BCUT2D eigenvalue weighted by molar-refractivity contribution is 4.90. The molecule has 1 aliphatic heterocycles. The van der Waals surface area contributed by atoms with Gasteiger partial charge in [-0.3, -0.25) is 0 Å². The van der Waals surface area contributed by atoms with Crippen molar-refractivity contribution < 1.29 is 0 Å². The van der Waals surface area contributed by atoms with E-state index in [9.17, 15) is 0 Å². The van der Waals surface area contributed by atoms with Gasteiger partial charge in [-0.2, -0.15) is 0 Å². The number of rotatable bonds is 5. The summed E-state index contributed by atoms with van der Waals surface area (Å²) in [6.07, 6.45) is 3.88. The molecule has 0 aromatic carbocycles. The van der Waals surface area contributed by atoms with Crippen LogP contribution in [-0.2, 0) is 0 Å². The second-order valence-corrected chi connectivity index (χ2v) is 5.71. The van der Waals surface area contributed by atoms with E-state index in [1.807, 2.05) is 0 Å². The smallest absolute Gasteiger partial charge is 0.0278 e. The Hall–Kier alpha value is -0.0800. The van der Waals surface area contributed by atoms with Crippen LogP contribution in [0.1, 0.15) is 47.0 Å². The lowest BCUT2D eigenvalue weighted by Crippen LogP contribution is -2.47. The minimum absolute atomic E-state index is 0.351. The van der Waals surface area contributed by atoms with E-state index < -0.39 is 0 Å². The van der Waals surface area contributed by atoms with Crippen LogP contribution in [0.2, 0.25) is 0 Å². The summed E-state index contributed by atoms with van der Waals surface area (Å²) in [6, 6.07) is 0. The fourth-order valence-electron chi connectivity index (χ4n) is 1.91. The highest BCUT2D eigenvalue weighted by atomic mass is 15.0. The summed E-state index contributed by atoms with van der Waals surface area (Å²) in [6.45, 7) is 12.7. The Labute approximate surface area is 88.8 Å². The molecule has 2 heteroatoms. The van der Waals surface area contributed by atoms with Crippen LogP contribution < -0.4 is 10.6 Å². The van der Waals surface area contributed by atoms with Gasteiger partial charge in [-0.25, -0.2) is 0 Å². The maximum Gasteiger partial charge on any atom is 0.0278 e. The molecule has 0 radical (unpaired) electrons. The zero-order valence-electron chi connectivity index (χ0n) is 10.2. The Balaban J connectivity index is 2.20. The second kappa shape index (κ2) is 4.63. The zero-order chi connectivity index (χ0) is 10.7. The van der Waals surface area contributed by atoms with E-state index in [-0.39, 0.29) is 0 Å². The van der Waals surface area contributed by atoms with Crippen LogP contribution in [0, 0.1) is 5.41 Å². The van der Waals surface area contributed by atoms with E-state index in [1.165, 1.54) is 25.8 Å². The lowest BCUT2D eigenvalue weighted by molar-refractivity contribution is 0.299. The second-order valence-electron chi connectivity index (χ2n) is 5.71. The minimum atomic E-state index is 0.351. The zero-order valence-corrected chi connectivity index (χ0v) is 10.2. The first-order valence-electron chi connectivity index (χ1n) is 5.93. The summed E-state index contributed by atoms with van der Waals surface area (Å²) in [4.78, 5) is 0. The van der Waals surface area contributed by atoms with Gasteiger partial charge in [-0.05, 0) is 38.1 Å². The fraction of sp³-hybridized carbons (Fsp3) is 1.00. The Morgan fingerprint density at radius 3 is 2.64 bits per heavy atom. The lowest BCUT2D eigenvalue weighted by atomic mass is 9.90. The third-order valence-electron chi connectivity index (χ3n) is 3.53. The predicted molar refractivity (Wildman–Crippen MR) is 62.6 cm³/mol. The summed E-state index contributed by atoms with van der Waals surface area (Å²) >= 11 is 0. The molecule has 0 aromatic heterocycles. The van der Waals surface area contributed by atoms with E-state index in [0.29, 0.717) is 11.0 Å². The molecule has 1 heterocycles. The third kappa shape index (κ3) is 3.58. The first kappa shape index (κ1) is 12.0. The molecule has 0 saturated carbocycles. The van der Waals surface area contributed by atoms with E-state index in [0.717, 1.165) is 13.1 Å². The van der Waals surface area contributed by atoms with Crippen LogP contribution >= 0.6 is 0 Å². The standard InChI is InChI=1S/C12H26N2/c1-5-11(2,3)9-13-10-12(4)7-6-8-14-12/h13-14H,5-10H2,1-4H3. The molecule has 1 fully saturated rings. The molecule has 0 bridgehead atoms. The maximum absolute atomic E-state index is 3.60. The molecule has 2 nitrogen and oxygen atoms in total. The van der Waals surface area contributed by atoms with Crippen molar-refractivity contribution in [1.29, 1.82) is 0 Å². The van der Waals surface area contributed by atoms with Gasteiger partial charge in [0.2, 0.25) is 0 Å². The molecule has 14 heavy (non-hydrogen) atoms. The van der Waals surface area contributed by atoms with E-state index >= 15 is 0 Å². The summed E-state index contributed by atoms with van der Waals surface area (Å²) in [5.74, 6) is 0. The van der Waals surface area contributed by atoms with Crippen molar-refractivity contribution in [2.45, 2.75) is 52.5 Å². The molecule has 1 saturated heterocycles. The SMILES string of the molecule is CCC(C)(C)CNCC1(C)CCCN1. The Kier molecular flexibility index (Phi) is 3.96. The molecule has 1 unspecified atom stereocenters. The summed E-state index contributed by atoms with van der Waals surface area (Å²) in [7, 11) is 0. The summed E-state index contributed by atoms with van der Waals surface area (Å²) < 4.78 is 0. The van der Waals surface area contributed by atoms with Gasteiger partial charge in [0.25, 0.3) is 0 Å². The number of nitrogens with one attached hydrogen (secondary N) is 2.